The van der Waals surface area contributed by atoms with Gasteiger partial charge in [-0.25, -0.2) is 4.79 Å². The van der Waals surface area contributed by atoms with Gasteiger partial charge in [0.05, 0.1) is 43.5 Å². The van der Waals surface area contributed by atoms with Crippen molar-refractivity contribution in [3.63, 3.8) is 0 Å². The molecule has 0 saturated heterocycles. The lowest BCUT2D eigenvalue weighted by atomic mass is 10.1. The summed E-state index contributed by atoms with van der Waals surface area (Å²) in [4.78, 5) is 41.8. The Labute approximate surface area is 207 Å². The third-order valence-electron chi connectivity index (χ3n) is 5.62. The minimum Gasteiger partial charge on any atom is -0.497 e. The number of carboxylic acid groups (broad SMARTS) is 1. The summed E-state index contributed by atoms with van der Waals surface area (Å²) in [6.45, 7) is 0.0333. The number of carbonyl (C=O) groups is 3. The first-order valence-corrected chi connectivity index (χ1v) is 11.8. The fourth-order valence-corrected chi connectivity index (χ4v) is 4.68. The number of rotatable bonds is 8. The average molecular weight is 493 g/mol. The molecule has 1 aliphatic heterocycles. The maximum atomic E-state index is 13.2. The van der Waals surface area contributed by atoms with E-state index in [9.17, 15) is 19.5 Å². The Morgan fingerprint density at radius 2 is 1.77 bits per heavy atom. The van der Waals surface area contributed by atoms with Crippen LogP contribution in [-0.4, -0.2) is 49.4 Å². The number of hydrogen-bond acceptors (Lipinski definition) is 6. The fourth-order valence-electron chi connectivity index (χ4n) is 3.85. The molecule has 0 atom stereocenters. The van der Waals surface area contributed by atoms with Crippen molar-refractivity contribution in [1.82, 2.24) is 0 Å². The number of carbonyl (C=O) groups excluding carboxylic acids is 2. The van der Waals surface area contributed by atoms with Gasteiger partial charge in [0.2, 0.25) is 11.8 Å². The molecule has 3 aromatic rings. The van der Waals surface area contributed by atoms with Crippen molar-refractivity contribution in [2.24, 2.45) is 0 Å². The number of carboxylic acids is 1. The van der Waals surface area contributed by atoms with Crippen LogP contribution in [0.5, 0.6) is 11.5 Å². The van der Waals surface area contributed by atoms with Crippen LogP contribution in [0.3, 0.4) is 0 Å². The molecule has 0 unspecified atom stereocenters. The fraction of sp³-hybridized carbons (Fsp3) is 0.192. The summed E-state index contributed by atoms with van der Waals surface area (Å²) in [5, 5.41) is 9.52. The summed E-state index contributed by atoms with van der Waals surface area (Å²) in [6, 6.07) is 19.1. The number of methoxy groups -OCH3 is 2. The van der Waals surface area contributed by atoms with E-state index in [4.69, 9.17) is 9.47 Å². The van der Waals surface area contributed by atoms with E-state index in [0.717, 1.165) is 10.5 Å². The molecule has 1 heterocycles. The Morgan fingerprint density at radius 3 is 2.51 bits per heavy atom. The molecule has 9 heteroatoms. The van der Waals surface area contributed by atoms with E-state index in [-0.39, 0.29) is 36.2 Å². The minimum absolute atomic E-state index is 0.0357. The number of thioether (sulfide) groups is 1. The van der Waals surface area contributed by atoms with Gasteiger partial charge in [-0.15, -0.1) is 11.8 Å². The van der Waals surface area contributed by atoms with Crippen molar-refractivity contribution in [2.45, 2.75) is 11.4 Å². The van der Waals surface area contributed by atoms with Crippen molar-refractivity contribution < 1.29 is 29.0 Å². The molecule has 0 saturated carbocycles. The smallest absolute Gasteiger partial charge is 0.335 e. The van der Waals surface area contributed by atoms with Crippen LogP contribution in [0.25, 0.3) is 0 Å². The summed E-state index contributed by atoms with van der Waals surface area (Å²) in [6.07, 6.45) is 0. The third-order valence-corrected chi connectivity index (χ3v) is 6.60. The Morgan fingerprint density at radius 1 is 0.971 bits per heavy atom. The highest BCUT2D eigenvalue weighted by atomic mass is 32.2. The van der Waals surface area contributed by atoms with E-state index >= 15 is 0 Å². The van der Waals surface area contributed by atoms with Gasteiger partial charge in [-0.2, -0.15) is 0 Å². The van der Waals surface area contributed by atoms with Gasteiger partial charge < -0.3 is 24.4 Å². The highest BCUT2D eigenvalue weighted by Gasteiger charge is 2.33. The number of amides is 2. The topological polar surface area (TPSA) is 96.4 Å². The lowest BCUT2D eigenvalue weighted by Gasteiger charge is -2.36. The SMILES string of the molecule is COc1cccc(SCC(=O)N2CC(=O)N(Cc3ccccc3OC)c3ccc(C(=O)O)cc32)c1. The predicted molar refractivity (Wildman–Crippen MR) is 134 cm³/mol. The van der Waals surface area contributed by atoms with Gasteiger partial charge in [0.1, 0.15) is 18.0 Å². The Kier molecular flexibility index (Phi) is 7.26. The quantitative estimate of drug-likeness (QED) is 0.474. The zero-order valence-corrected chi connectivity index (χ0v) is 20.1. The molecule has 1 N–H and O–H groups in total. The molecule has 0 aliphatic carbocycles. The van der Waals surface area contributed by atoms with E-state index in [1.807, 2.05) is 48.5 Å². The largest absolute Gasteiger partial charge is 0.497 e. The number of benzene rings is 3. The van der Waals surface area contributed by atoms with Crippen LogP contribution in [-0.2, 0) is 16.1 Å². The lowest BCUT2D eigenvalue weighted by molar-refractivity contribution is -0.121. The van der Waals surface area contributed by atoms with Gasteiger partial charge in [-0.05, 0) is 42.5 Å². The minimum atomic E-state index is -1.11. The molecule has 0 fully saturated rings. The maximum Gasteiger partial charge on any atom is 0.335 e. The molecule has 3 aromatic carbocycles. The van der Waals surface area contributed by atoms with Gasteiger partial charge in [-0.1, -0.05) is 24.3 Å². The first kappa shape index (κ1) is 24.2. The molecule has 1 aliphatic rings. The molecular weight excluding hydrogens is 468 g/mol. The van der Waals surface area contributed by atoms with Crippen molar-refractivity contribution in [3.05, 3.63) is 77.9 Å². The number of hydrogen-bond donors (Lipinski definition) is 1. The molecule has 2 amide bonds. The zero-order chi connectivity index (χ0) is 24.9. The highest BCUT2D eigenvalue weighted by molar-refractivity contribution is 8.00. The number of aromatic carboxylic acids is 1. The molecule has 180 valence electrons. The summed E-state index contributed by atoms with van der Waals surface area (Å²) in [5.74, 6) is -0.294. The molecular formula is C26H24N2O6S. The summed E-state index contributed by atoms with van der Waals surface area (Å²) in [5.41, 5.74) is 1.69. The molecule has 0 bridgehead atoms. The van der Waals surface area contributed by atoms with Crippen LogP contribution < -0.4 is 19.3 Å². The number of nitrogens with zero attached hydrogens (tertiary/aromatic N) is 2. The van der Waals surface area contributed by atoms with Gasteiger partial charge in [0.15, 0.2) is 0 Å². The van der Waals surface area contributed by atoms with Crippen molar-refractivity contribution >= 4 is 40.9 Å². The van der Waals surface area contributed by atoms with Gasteiger partial charge in [-0.3, -0.25) is 9.59 Å². The van der Waals surface area contributed by atoms with E-state index in [1.54, 1.807) is 25.2 Å². The predicted octanol–water partition coefficient (Wildman–Crippen LogP) is 4.07. The van der Waals surface area contributed by atoms with Gasteiger partial charge in [0, 0.05) is 10.5 Å². The molecule has 0 spiro atoms. The van der Waals surface area contributed by atoms with E-state index in [0.29, 0.717) is 22.9 Å². The standard InChI is InChI=1S/C26H24N2O6S/c1-33-19-7-5-8-20(13-19)35-16-25(30)28-15-24(29)27(14-18-6-3-4-9-23(18)34-2)21-11-10-17(26(31)32)12-22(21)28/h3-13H,14-16H2,1-2H3,(H,31,32). The van der Waals surface area contributed by atoms with Crippen molar-refractivity contribution in [1.29, 1.82) is 0 Å². The van der Waals surface area contributed by atoms with Crippen LogP contribution in [0.15, 0.2) is 71.6 Å². The van der Waals surface area contributed by atoms with Crippen molar-refractivity contribution in [3.8, 4) is 11.5 Å². The van der Waals surface area contributed by atoms with Crippen LogP contribution in [0.1, 0.15) is 15.9 Å². The van der Waals surface area contributed by atoms with Crippen molar-refractivity contribution in [2.75, 3.05) is 36.3 Å². The zero-order valence-electron chi connectivity index (χ0n) is 19.3. The highest BCUT2D eigenvalue weighted by Crippen LogP contribution is 2.37. The number of fused-ring (bicyclic) bond motifs is 1. The Bertz CT molecular complexity index is 1280. The summed E-state index contributed by atoms with van der Waals surface area (Å²) >= 11 is 1.32. The monoisotopic (exact) mass is 492 g/mol. The number of anilines is 2. The summed E-state index contributed by atoms with van der Waals surface area (Å²) < 4.78 is 10.6. The maximum absolute atomic E-state index is 13.2. The van der Waals surface area contributed by atoms with Gasteiger partial charge >= 0.3 is 5.97 Å². The van der Waals surface area contributed by atoms with Gasteiger partial charge in [0.25, 0.3) is 0 Å². The first-order chi connectivity index (χ1) is 16.9. The Hall–Kier alpha value is -3.98. The van der Waals surface area contributed by atoms with Crippen LogP contribution in [0.4, 0.5) is 11.4 Å². The average Bonchev–Trinajstić information content (AvgIpc) is 2.88. The summed E-state index contributed by atoms with van der Waals surface area (Å²) in [7, 11) is 3.13. The van der Waals surface area contributed by atoms with Crippen LogP contribution in [0.2, 0.25) is 0 Å². The lowest BCUT2D eigenvalue weighted by Crippen LogP contribution is -2.48. The molecule has 35 heavy (non-hydrogen) atoms. The second-order valence-electron chi connectivity index (χ2n) is 7.75. The molecule has 0 aromatic heterocycles. The molecule has 4 rings (SSSR count). The number of ether oxygens (including phenoxy) is 2. The normalized spacial score (nSPS) is 12.8. The van der Waals surface area contributed by atoms with Crippen LogP contribution in [0, 0.1) is 0 Å². The van der Waals surface area contributed by atoms with E-state index < -0.39 is 5.97 Å². The van der Waals surface area contributed by atoms with E-state index in [1.165, 1.54) is 28.8 Å². The van der Waals surface area contributed by atoms with Crippen LogP contribution >= 0.6 is 11.8 Å². The third kappa shape index (κ3) is 5.25. The molecule has 8 nitrogen and oxygen atoms in total. The second-order valence-corrected chi connectivity index (χ2v) is 8.80. The molecule has 0 radical (unpaired) electrons. The van der Waals surface area contributed by atoms with E-state index in [2.05, 4.69) is 0 Å². The first-order valence-electron chi connectivity index (χ1n) is 10.8. The number of para-hydroxylation sites is 1. The Balaban J connectivity index is 1.64. The second kappa shape index (κ2) is 10.5.